The van der Waals surface area contributed by atoms with Gasteiger partial charge in [0.25, 0.3) is 0 Å². The molecule has 0 radical (unpaired) electrons. The second-order valence-corrected chi connectivity index (χ2v) is 5.43. The predicted molar refractivity (Wildman–Crippen MR) is 70.9 cm³/mol. The van der Waals surface area contributed by atoms with E-state index in [9.17, 15) is 4.79 Å². The first-order valence-electron chi connectivity index (χ1n) is 6.53. The number of hydrogen-bond donors (Lipinski definition) is 2. The van der Waals surface area contributed by atoms with Crippen molar-refractivity contribution in [1.29, 1.82) is 0 Å². The van der Waals surface area contributed by atoms with Gasteiger partial charge in [-0.1, -0.05) is 6.42 Å². The Labute approximate surface area is 106 Å². The van der Waals surface area contributed by atoms with E-state index in [1.165, 1.54) is 19.3 Å². The Morgan fingerprint density at radius 1 is 1.28 bits per heavy atom. The van der Waals surface area contributed by atoms with Crippen LogP contribution in [-0.2, 0) is 0 Å². The SMILES string of the molecule is Nc1ccc(N2CC3CCCC3C2)cc1C(=O)O. The van der Waals surface area contributed by atoms with Gasteiger partial charge >= 0.3 is 5.97 Å². The third-order valence-corrected chi connectivity index (χ3v) is 4.36. The van der Waals surface area contributed by atoms with Gasteiger partial charge in [-0.05, 0) is 42.9 Å². The topological polar surface area (TPSA) is 66.6 Å². The molecule has 2 fully saturated rings. The Morgan fingerprint density at radius 2 is 1.94 bits per heavy atom. The first kappa shape index (κ1) is 11.4. The van der Waals surface area contributed by atoms with Crippen LogP contribution in [0.1, 0.15) is 29.6 Å². The number of nitrogens with zero attached hydrogens (tertiary/aromatic N) is 1. The maximum atomic E-state index is 11.1. The molecule has 1 saturated heterocycles. The lowest BCUT2D eigenvalue weighted by Crippen LogP contribution is -2.21. The van der Waals surface area contributed by atoms with Crippen molar-refractivity contribution in [2.75, 3.05) is 23.7 Å². The lowest BCUT2D eigenvalue weighted by Gasteiger charge is -2.20. The standard InChI is InChI=1S/C14H18N2O2/c15-13-5-4-11(6-12(13)14(17)18)16-7-9-2-1-3-10(9)8-16/h4-6,9-10H,1-3,7-8,15H2,(H,17,18). The fourth-order valence-corrected chi connectivity index (χ4v) is 3.37. The van der Waals surface area contributed by atoms with E-state index in [-0.39, 0.29) is 5.56 Å². The van der Waals surface area contributed by atoms with Crippen LogP contribution in [0.4, 0.5) is 11.4 Å². The molecular weight excluding hydrogens is 228 g/mol. The lowest BCUT2D eigenvalue weighted by atomic mass is 10.0. The highest BCUT2D eigenvalue weighted by Gasteiger charge is 2.36. The Bertz CT molecular complexity index is 475. The molecule has 2 atom stereocenters. The van der Waals surface area contributed by atoms with E-state index in [1.54, 1.807) is 12.1 Å². The van der Waals surface area contributed by atoms with Crippen molar-refractivity contribution in [3.05, 3.63) is 23.8 Å². The van der Waals surface area contributed by atoms with Gasteiger partial charge in [0.1, 0.15) is 0 Å². The van der Waals surface area contributed by atoms with E-state index in [0.717, 1.165) is 30.6 Å². The second kappa shape index (κ2) is 4.19. The van der Waals surface area contributed by atoms with E-state index in [4.69, 9.17) is 10.8 Å². The van der Waals surface area contributed by atoms with Crippen molar-refractivity contribution >= 4 is 17.3 Å². The third-order valence-electron chi connectivity index (χ3n) is 4.36. The molecule has 1 aliphatic heterocycles. The molecule has 1 aliphatic carbocycles. The molecule has 2 unspecified atom stereocenters. The molecule has 0 amide bonds. The molecule has 4 heteroatoms. The van der Waals surface area contributed by atoms with Gasteiger partial charge in [-0.2, -0.15) is 0 Å². The first-order chi connectivity index (χ1) is 8.65. The lowest BCUT2D eigenvalue weighted by molar-refractivity contribution is 0.0698. The highest BCUT2D eigenvalue weighted by Crippen LogP contribution is 2.39. The Hall–Kier alpha value is -1.71. The van der Waals surface area contributed by atoms with Crippen molar-refractivity contribution in [1.82, 2.24) is 0 Å². The largest absolute Gasteiger partial charge is 0.478 e. The summed E-state index contributed by atoms with van der Waals surface area (Å²) < 4.78 is 0. The van der Waals surface area contributed by atoms with Gasteiger partial charge in [-0.15, -0.1) is 0 Å². The number of anilines is 2. The molecule has 1 aromatic carbocycles. The minimum absolute atomic E-state index is 0.213. The van der Waals surface area contributed by atoms with E-state index in [0.29, 0.717) is 5.69 Å². The van der Waals surface area contributed by atoms with Crippen molar-refractivity contribution < 1.29 is 9.90 Å². The third kappa shape index (κ3) is 1.82. The number of fused-ring (bicyclic) bond motifs is 1. The molecule has 1 heterocycles. The maximum absolute atomic E-state index is 11.1. The van der Waals surface area contributed by atoms with Crippen molar-refractivity contribution in [3.8, 4) is 0 Å². The summed E-state index contributed by atoms with van der Waals surface area (Å²) in [6.45, 7) is 2.13. The van der Waals surface area contributed by atoms with Gasteiger partial charge in [0.15, 0.2) is 0 Å². The van der Waals surface area contributed by atoms with Crippen LogP contribution >= 0.6 is 0 Å². The van der Waals surface area contributed by atoms with Crippen LogP contribution in [-0.4, -0.2) is 24.2 Å². The summed E-state index contributed by atoms with van der Waals surface area (Å²) in [5, 5.41) is 9.10. The second-order valence-electron chi connectivity index (χ2n) is 5.43. The molecule has 2 aliphatic rings. The number of aromatic carboxylic acids is 1. The fraction of sp³-hybridized carbons (Fsp3) is 0.500. The van der Waals surface area contributed by atoms with Crippen LogP contribution < -0.4 is 10.6 Å². The Balaban J connectivity index is 1.85. The number of nitrogen functional groups attached to an aromatic ring is 1. The smallest absolute Gasteiger partial charge is 0.337 e. The van der Waals surface area contributed by atoms with Crippen LogP contribution in [0.3, 0.4) is 0 Å². The number of nitrogens with two attached hydrogens (primary N) is 1. The van der Waals surface area contributed by atoms with E-state index in [2.05, 4.69) is 4.90 Å². The summed E-state index contributed by atoms with van der Waals surface area (Å²) in [4.78, 5) is 13.4. The zero-order valence-corrected chi connectivity index (χ0v) is 10.3. The van der Waals surface area contributed by atoms with Crippen LogP contribution in [0.15, 0.2) is 18.2 Å². The molecule has 4 nitrogen and oxygen atoms in total. The number of hydrogen-bond acceptors (Lipinski definition) is 3. The van der Waals surface area contributed by atoms with Gasteiger partial charge in [0.05, 0.1) is 5.56 Å². The molecule has 18 heavy (non-hydrogen) atoms. The molecule has 96 valence electrons. The average Bonchev–Trinajstić information content (AvgIpc) is 2.89. The highest BCUT2D eigenvalue weighted by molar-refractivity contribution is 5.94. The van der Waals surface area contributed by atoms with Gasteiger partial charge < -0.3 is 15.7 Å². The minimum atomic E-state index is -0.950. The summed E-state index contributed by atoms with van der Waals surface area (Å²) in [6, 6.07) is 5.34. The molecule has 3 N–H and O–H groups in total. The summed E-state index contributed by atoms with van der Waals surface area (Å²) in [5.41, 5.74) is 7.23. The van der Waals surface area contributed by atoms with E-state index < -0.39 is 5.97 Å². The average molecular weight is 246 g/mol. The van der Waals surface area contributed by atoms with Crippen LogP contribution in [0, 0.1) is 11.8 Å². The van der Waals surface area contributed by atoms with E-state index >= 15 is 0 Å². The first-order valence-corrected chi connectivity index (χ1v) is 6.53. The zero-order valence-electron chi connectivity index (χ0n) is 10.3. The molecule has 1 aromatic rings. The van der Waals surface area contributed by atoms with Gasteiger partial charge in [0.2, 0.25) is 0 Å². The number of carboxylic acid groups (broad SMARTS) is 1. The van der Waals surface area contributed by atoms with Crippen LogP contribution in [0.25, 0.3) is 0 Å². The Kier molecular flexibility index (Phi) is 2.65. The molecule has 0 spiro atoms. The molecule has 0 bridgehead atoms. The number of benzene rings is 1. The van der Waals surface area contributed by atoms with Crippen molar-refractivity contribution in [3.63, 3.8) is 0 Å². The quantitative estimate of drug-likeness (QED) is 0.785. The monoisotopic (exact) mass is 246 g/mol. The van der Waals surface area contributed by atoms with Gasteiger partial charge in [-0.3, -0.25) is 0 Å². The maximum Gasteiger partial charge on any atom is 0.337 e. The summed E-state index contributed by atoms with van der Waals surface area (Å²) in [7, 11) is 0. The molecule has 1 saturated carbocycles. The molecule has 3 rings (SSSR count). The van der Waals surface area contributed by atoms with Crippen molar-refractivity contribution in [2.24, 2.45) is 11.8 Å². The van der Waals surface area contributed by atoms with Gasteiger partial charge in [0, 0.05) is 24.5 Å². The summed E-state index contributed by atoms with van der Waals surface area (Å²) in [6.07, 6.45) is 4.00. The minimum Gasteiger partial charge on any atom is -0.478 e. The fourth-order valence-electron chi connectivity index (χ4n) is 3.37. The van der Waals surface area contributed by atoms with Crippen LogP contribution in [0.5, 0.6) is 0 Å². The normalized spacial score (nSPS) is 26.3. The number of carbonyl (C=O) groups is 1. The van der Waals surface area contributed by atoms with Crippen LogP contribution in [0.2, 0.25) is 0 Å². The molecule has 0 aromatic heterocycles. The number of carboxylic acids is 1. The summed E-state index contributed by atoms with van der Waals surface area (Å²) in [5.74, 6) is 0.653. The highest BCUT2D eigenvalue weighted by atomic mass is 16.4. The van der Waals surface area contributed by atoms with E-state index in [1.807, 2.05) is 6.07 Å². The zero-order chi connectivity index (χ0) is 12.7. The molecular formula is C14H18N2O2. The summed E-state index contributed by atoms with van der Waals surface area (Å²) >= 11 is 0. The Morgan fingerprint density at radius 3 is 2.56 bits per heavy atom. The predicted octanol–water partition coefficient (Wildman–Crippen LogP) is 2.20. The van der Waals surface area contributed by atoms with Crippen molar-refractivity contribution in [2.45, 2.75) is 19.3 Å². The van der Waals surface area contributed by atoms with Gasteiger partial charge in [-0.25, -0.2) is 4.79 Å². The number of rotatable bonds is 2.